The summed E-state index contributed by atoms with van der Waals surface area (Å²) < 4.78 is 13.1. The number of hydrogen-bond donors (Lipinski definition) is 2. The lowest BCUT2D eigenvalue weighted by atomic mass is 10.1. The first-order valence-electron chi connectivity index (χ1n) is 4.13. The molecule has 0 amide bonds. The highest BCUT2D eigenvalue weighted by atomic mass is 19.1. The van der Waals surface area contributed by atoms with Gasteiger partial charge in [-0.25, -0.2) is 4.39 Å². The predicted octanol–water partition coefficient (Wildman–Crippen LogP) is 2.51. The number of nitrogens with two attached hydrogens (primary N) is 1. The van der Waals surface area contributed by atoms with Crippen LogP contribution < -0.4 is 5.73 Å². The summed E-state index contributed by atoms with van der Waals surface area (Å²) in [5.41, 5.74) is 8.67. The van der Waals surface area contributed by atoms with Crippen molar-refractivity contribution in [2.45, 2.75) is 13.8 Å². The van der Waals surface area contributed by atoms with Gasteiger partial charge in [0.2, 0.25) is 0 Å². The van der Waals surface area contributed by atoms with Crippen LogP contribution in [0.2, 0.25) is 0 Å². The number of aromatic nitrogens is 1. The van der Waals surface area contributed by atoms with E-state index in [1.165, 1.54) is 6.07 Å². The summed E-state index contributed by atoms with van der Waals surface area (Å²) in [4.78, 5) is 3.15. The molecule has 1 aromatic carbocycles. The average Bonchev–Trinajstić information content (AvgIpc) is 2.32. The molecule has 0 saturated heterocycles. The molecule has 3 heteroatoms. The quantitative estimate of drug-likeness (QED) is 0.598. The summed E-state index contributed by atoms with van der Waals surface area (Å²) in [6, 6.07) is 3.11. The van der Waals surface area contributed by atoms with E-state index in [-0.39, 0.29) is 11.5 Å². The normalized spacial score (nSPS) is 11.0. The van der Waals surface area contributed by atoms with Crippen LogP contribution in [-0.4, -0.2) is 4.98 Å². The number of aromatic amines is 1. The van der Waals surface area contributed by atoms with E-state index in [0.29, 0.717) is 0 Å². The fourth-order valence-electron chi connectivity index (χ4n) is 1.50. The van der Waals surface area contributed by atoms with E-state index >= 15 is 0 Å². The number of anilines is 1. The molecule has 68 valence electrons. The van der Waals surface area contributed by atoms with Crippen molar-refractivity contribution in [3.63, 3.8) is 0 Å². The van der Waals surface area contributed by atoms with Crippen molar-refractivity contribution in [1.29, 1.82) is 0 Å². The van der Waals surface area contributed by atoms with E-state index in [9.17, 15) is 4.39 Å². The Balaban J connectivity index is 2.89. The van der Waals surface area contributed by atoms with Crippen molar-refractivity contribution >= 4 is 16.6 Å². The number of aryl methyl sites for hydroxylation is 2. The molecular formula is C10H11FN2. The van der Waals surface area contributed by atoms with Gasteiger partial charge in [-0.15, -0.1) is 0 Å². The van der Waals surface area contributed by atoms with E-state index < -0.39 is 0 Å². The van der Waals surface area contributed by atoms with Crippen molar-refractivity contribution in [2.75, 3.05) is 5.73 Å². The van der Waals surface area contributed by atoms with Crippen molar-refractivity contribution in [1.82, 2.24) is 4.98 Å². The zero-order chi connectivity index (χ0) is 9.59. The van der Waals surface area contributed by atoms with Crippen LogP contribution in [0.4, 0.5) is 10.1 Å². The molecule has 0 unspecified atom stereocenters. The smallest absolute Gasteiger partial charge is 0.146 e. The first-order chi connectivity index (χ1) is 6.09. The van der Waals surface area contributed by atoms with Crippen molar-refractivity contribution < 1.29 is 4.39 Å². The number of nitrogens with one attached hydrogen (secondary N) is 1. The van der Waals surface area contributed by atoms with Gasteiger partial charge < -0.3 is 10.7 Å². The second-order valence-electron chi connectivity index (χ2n) is 3.29. The van der Waals surface area contributed by atoms with Crippen LogP contribution >= 0.6 is 0 Å². The van der Waals surface area contributed by atoms with Crippen LogP contribution in [0.5, 0.6) is 0 Å². The summed E-state index contributed by atoms with van der Waals surface area (Å²) in [5.74, 6) is -0.352. The third-order valence-electron chi connectivity index (χ3n) is 2.43. The van der Waals surface area contributed by atoms with Gasteiger partial charge in [0.05, 0.1) is 5.69 Å². The molecule has 0 aliphatic carbocycles. The highest BCUT2D eigenvalue weighted by molar-refractivity contribution is 5.87. The summed E-state index contributed by atoms with van der Waals surface area (Å²) in [5, 5.41) is 0.907. The van der Waals surface area contributed by atoms with Gasteiger partial charge >= 0.3 is 0 Å². The van der Waals surface area contributed by atoms with Gasteiger partial charge in [-0.2, -0.15) is 0 Å². The Kier molecular flexibility index (Phi) is 1.55. The summed E-state index contributed by atoms with van der Waals surface area (Å²) in [6.45, 7) is 3.92. The Morgan fingerprint density at radius 2 is 2.00 bits per heavy atom. The number of nitrogen functional groups attached to an aromatic ring is 1. The highest BCUT2D eigenvalue weighted by Crippen LogP contribution is 2.25. The third-order valence-corrected chi connectivity index (χ3v) is 2.43. The first-order valence-corrected chi connectivity index (χ1v) is 4.13. The third kappa shape index (κ3) is 1.08. The lowest BCUT2D eigenvalue weighted by Gasteiger charge is -1.96. The summed E-state index contributed by atoms with van der Waals surface area (Å²) in [6.07, 6.45) is 0. The van der Waals surface area contributed by atoms with Crippen molar-refractivity contribution in [3.05, 3.63) is 29.2 Å². The number of benzene rings is 1. The van der Waals surface area contributed by atoms with Crippen LogP contribution in [0, 0.1) is 19.7 Å². The van der Waals surface area contributed by atoms with E-state index in [1.54, 1.807) is 6.07 Å². The van der Waals surface area contributed by atoms with Gasteiger partial charge in [-0.3, -0.25) is 0 Å². The number of halogens is 1. The van der Waals surface area contributed by atoms with E-state index in [1.807, 2.05) is 13.8 Å². The molecule has 13 heavy (non-hydrogen) atoms. The minimum atomic E-state index is -0.352. The average molecular weight is 178 g/mol. The molecule has 0 radical (unpaired) electrons. The Hall–Kier alpha value is -1.51. The standard InChI is InChI=1S/C10H11FN2/c1-5-6(2)13-10-4-9(12)8(11)3-7(5)10/h3-4,13H,12H2,1-2H3. The topological polar surface area (TPSA) is 41.8 Å². The van der Waals surface area contributed by atoms with Crippen LogP contribution in [0.15, 0.2) is 12.1 Å². The van der Waals surface area contributed by atoms with E-state index in [2.05, 4.69) is 4.98 Å². The molecule has 0 spiro atoms. The Bertz CT molecular complexity index is 471. The van der Waals surface area contributed by atoms with E-state index in [0.717, 1.165) is 22.2 Å². The molecule has 0 atom stereocenters. The lowest BCUT2D eigenvalue weighted by Crippen LogP contribution is -1.89. The number of rotatable bonds is 0. The predicted molar refractivity (Wildman–Crippen MR) is 52.1 cm³/mol. The zero-order valence-corrected chi connectivity index (χ0v) is 7.61. The molecule has 2 nitrogen and oxygen atoms in total. The molecule has 0 fully saturated rings. The summed E-state index contributed by atoms with van der Waals surface area (Å²) >= 11 is 0. The maximum atomic E-state index is 13.1. The van der Waals surface area contributed by atoms with Gasteiger partial charge in [0.25, 0.3) is 0 Å². The molecule has 1 aromatic heterocycles. The molecular weight excluding hydrogens is 167 g/mol. The number of fused-ring (bicyclic) bond motifs is 1. The minimum absolute atomic E-state index is 0.189. The molecule has 0 bridgehead atoms. The first kappa shape index (κ1) is 8.10. The van der Waals surface area contributed by atoms with E-state index in [4.69, 9.17) is 5.73 Å². The fraction of sp³-hybridized carbons (Fsp3) is 0.200. The van der Waals surface area contributed by atoms with Crippen LogP contribution in [0.25, 0.3) is 10.9 Å². The second-order valence-corrected chi connectivity index (χ2v) is 3.29. The highest BCUT2D eigenvalue weighted by Gasteiger charge is 2.07. The maximum absolute atomic E-state index is 13.1. The summed E-state index contributed by atoms with van der Waals surface area (Å²) in [7, 11) is 0. The number of H-pyrrole nitrogens is 1. The van der Waals surface area contributed by atoms with Gasteiger partial charge in [0, 0.05) is 16.6 Å². The molecule has 2 rings (SSSR count). The van der Waals surface area contributed by atoms with Crippen LogP contribution in [0.3, 0.4) is 0 Å². The largest absolute Gasteiger partial charge is 0.396 e. The molecule has 0 saturated carbocycles. The SMILES string of the molecule is Cc1[nH]c2cc(N)c(F)cc2c1C. The molecule has 3 N–H and O–H groups in total. The van der Waals surface area contributed by atoms with Crippen molar-refractivity contribution in [2.24, 2.45) is 0 Å². The molecule has 2 aromatic rings. The van der Waals surface area contributed by atoms with Crippen LogP contribution in [-0.2, 0) is 0 Å². The lowest BCUT2D eigenvalue weighted by molar-refractivity contribution is 0.634. The van der Waals surface area contributed by atoms with Gasteiger partial charge in [0.15, 0.2) is 0 Å². The second kappa shape index (κ2) is 2.49. The van der Waals surface area contributed by atoms with Crippen LogP contribution in [0.1, 0.15) is 11.3 Å². The van der Waals surface area contributed by atoms with Crippen molar-refractivity contribution in [3.8, 4) is 0 Å². The fourth-order valence-corrected chi connectivity index (χ4v) is 1.50. The number of hydrogen-bond acceptors (Lipinski definition) is 1. The van der Waals surface area contributed by atoms with Gasteiger partial charge in [0.1, 0.15) is 5.82 Å². The Morgan fingerprint density at radius 1 is 1.31 bits per heavy atom. The molecule has 0 aliphatic heterocycles. The molecule has 1 heterocycles. The Morgan fingerprint density at radius 3 is 2.69 bits per heavy atom. The Labute approximate surface area is 75.6 Å². The maximum Gasteiger partial charge on any atom is 0.146 e. The van der Waals surface area contributed by atoms with Gasteiger partial charge in [-0.05, 0) is 31.5 Å². The molecule has 0 aliphatic rings. The monoisotopic (exact) mass is 178 g/mol. The minimum Gasteiger partial charge on any atom is -0.396 e. The zero-order valence-electron chi connectivity index (χ0n) is 7.61. The van der Waals surface area contributed by atoms with Gasteiger partial charge in [-0.1, -0.05) is 0 Å².